The van der Waals surface area contributed by atoms with Crippen LogP contribution >= 0.6 is 0 Å². The maximum absolute atomic E-state index is 11.9. The number of carbonyl (C=O) groups is 2. The second-order valence-electron chi connectivity index (χ2n) is 5.62. The van der Waals surface area contributed by atoms with Gasteiger partial charge in [0.2, 0.25) is 6.10 Å². The highest BCUT2D eigenvalue weighted by Gasteiger charge is 2.28. The Kier molecular flexibility index (Phi) is 5.50. The lowest BCUT2D eigenvalue weighted by Gasteiger charge is -2.20. The number of carbonyl (C=O) groups excluding carboxylic acids is 2. The molecule has 0 aliphatic heterocycles. The topological polar surface area (TPSA) is 52.6 Å². The lowest BCUT2D eigenvalue weighted by Crippen LogP contribution is -2.23. The first-order chi connectivity index (χ1) is 9.33. The molecule has 0 spiro atoms. The molecule has 4 heteroatoms. The maximum Gasteiger partial charge on any atom is 0.357 e. The van der Waals surface area contributed by atoms with Crippen LogP contribution in [0.1, 0.15) is 38.9 Å². The van der Waals surface area contributed by atoms with Gasteiger partial charge in [0.05, 0.1) is 12.7 Å². The largest absolute Gasteiger partial charge is 0.445 e. The highest BCUT2D eigenvalue weighted by molar-refractivity contribution is 5.81. The van der Waals surface area contributed by atoms with E-state index in [1.165, 1.54) is 0 Å². The van der Waals surface area contributed by atoms with E-state index in [0.29, 0.717) is 5.56 Å². The molecule has 0 amide bonds. The van der Waals surface area contributed by atoms with Crippen LogP contribution in [-0.2, 0) is 19.1 Å². The van der Waals surface area contributed by atoms with Crippen LogP contribution in [0.3, 0.4) is 0 Å². The van der Waals surface area contributed by atoms with Crippen molar-refractivity contribution in [1.82, 2.24) is 0 Å². The Hall–Kier alpha value is -2.10. The second kappa shape index (κ2) is 6.89. The standard InChI is InChI=1S/C16H20O4/c1-5-19-15(18)14(12-9-7-6-8-10-12)20-13(17)11-16(2,3)4/h5-10,14H,1,11H2,2-4H3. The van der Waals surface area contributed by atoms with Gasteiger partial charge in [-0.2, -0.15) is 0 Å². The first-order valence-corrected chi connectivity index (χ1v) is 6.39. The third-order valence-corrected chi connectivity index (χ3v) is 2.44. The van der Waals surface area contributed by atoms with Gasteiger partial charge in [-0.15, -0.1) is 0 Å². The summed E-state index contributed by atoms with van der Waals surface area (Å²) in [5.41, 5.74) is 0.363. The number of esters is 2. The van der Waals surface area contributed by atoms with E-state index in [4.69, 9.17) is 9.47 Å². The minimum Gasteiger partial charge on any atom is -0.445 e. The molecule has 4 nitrogen and oxygen atoms in total. The van der Waals surface area contributed by atoms with Gasteiger partial charge >= 0.3 is 11.9 Å². The van der Waals surface area contributed by atoms with Gasteiger partial charge in [0.1, 0.15) is 0 Å². The molecule has 108 valence electrons. The van der Waals surface area contributed by atoms with E-state index in [-0.39, 0.29) is 11.8 Å². The van der Waals surface area contributed by atoms with E-state index in [2.05, 4.69) is 6.58 Å². The lowest BCUT2D eigenvalue weighted by molar-refractivity contribution is -0.166. The van der Waals surface area contributed by atoms with Crippen molar-refractivity contribution in [2.45, 2.75) is 33.3 Å². The predicted molar refractivity (Wildman–Crippen MR) is 75.6 cm³/mol. The van der Waals surface area contributed by atoms with Crippen LogP contribution < -0.4 is 0 Å². The van der Waals surface area contributed by atoms with Crippen LogP contribution in [-0.4, -0.2) is 11.9 Å². The van der Waals surface area contributed by atoms with Gasteiger partial charge in [0, 0.05) is 5.56 Å². The molecule has 1 atom stereocenters. The Morgan fingerprint density at radius 1 is 1.25 bits per heavy atom. The summed E-state index contributed by atoms with van der Waals surface area (Å²) in [6, 6.07) is 8.76. The third-order valence-electron chi connectivity index (χ3n) is 2.44. The second-order valence-corrected chi connectivity index (χ2v) is 5.62. The third kappa shape index (κ3) is 5.26. The van der Waals surface area contributed by atoms with Crippen molar-refractivity contribution >= 4 is 11.9 Å². The molecule has 20 heavy (non-hydrogen) atoms. The van der Waals surface area contributed by atoms with E-state index < -0.39 is 18.0 Å². The average molecular weight is 276 g/mol. The van der Waals surface area contributed by atoms with Crippen LogP contribution in [0.4, 0.5) is 0 Å². The molecule has 1 unspecified atom stereocenters. The van der Waals surface area contributed by atoms with Gasteiger partial charge in [0.15, 0.2) is 0 Å². The van der Waals surface area contributed by atoms with Gasteiger partial charge in [-0.3, -0.25) is 4.79 Å². The fourth-order valence-electron chi connectivity index (χ4n) is 1.63. The van der Waals surface area contributed by atoms with Crippen LogP contribution in [0.2, 0.25) is 0 Å². The highest BCUT2D eigenvalue weighted by Crippen LogP contribution is 2.24. The Bertz CT molecular complexity index is 471. The van der Waals surface area contributed by atoms with E-state index >= 15 is 0 Å². The fourth-order valence-corrected chi connectivity index (χ4v) is 1.63. The molecule has 0 aliphatic carbocycles. The fraction of sp³-hybridized carbons (Fsp3) is 0.375. The molecular weight excluding hydrogens is 256 g/mol. The van der Waals surface area contributed by atoms with Crippen molar-refractivity contribution in [3.05, 3.63) is 48.7 Å². The number of hydrogen-bond acceptors (Lipinski definition) is 4. The van der Waals surface area contributed by atoms with Crippen molar-refractivity contribution in [1.29, 1.82) is 0 Å². The van der Waals surface area contributed by atoms with Crippen molar-refractivity contribution < 1.29 is 19.1 Å². The first kappa shape index (κ1) is 16.0. The van der Waals surface area contributed by atoms with Crippen molar-refractivity contribution in [3.63, 3.8) is 0 Å². The number of hydrogen-bond donors (Lipinski definition) is 0. The smallest absolute Gasteiger partial charge is 0.357 e. The Labute approximate surface area is 119 Å². The van der Waals surface area contributed by atoms with Crippen molar-refractivity contribution in [2.24, 2.45) is 5.41 Å². The molecular formula is C16H20O4. The SMILES string of the molecule is C=COC(=O)C(OC(=O)CC(C)(C)C)c1ccccc1. The molecule has 0 aromatic heterocycles. The van der Waals surface area contributed by atoms with Crippen LogP contribution in [0, 0.1) is 5.41 Å². The Balaban J connectivity index is 2.87. The van der Waals surface area contributed by atoms with Gasteiger partial charge in [0.25, 0.3) is 0 Å². The van der Waals surface area contributed by atoms with E-state index in [1.807, 2.05) is 26.8 Å². The number of benzene rings is 1. The summed E-state index contributed by atoms with van der Waals surface area (Å²) < 4.78 is 10.0. The first-order valence-electron chi connectivity index (χ1n) is 6.39. The van der Waals surface area contributed by atoms with Gasteiger partial charge < -0.3 is 9.47 Å². The molecule has 0 N–H and O–H groups in total. The summed E-state index contributed by atoms with van der Waals surface area (Å²) in [4.78, 5) is 23.8. The molecule has 0 heterocycles. The number of rotatable bonds is 5. The predicted octanol–water partition coefficient (Wildman–Crippen LogP) is 3.39. The number of ether oxygens (including phenoxy) is 2. The van der Waals surface area contributed by atoms with Crippen molar-refractivity contribution in [3.8, 4) is 0 Å². The molecule has 0 fully saturated rings. The summed E-state index contributed by atoms with van der Waals surface area (Å²) in [6.45, 7) is 9.11. The maximum atomic E-state index is 11.9. The molecule has 0 bridgehead atoms. The molecule has 1 rings (SSSR count). The molecule has 1 aromatic rings. The highest BCUT2D eigenvalue weighted by atomic mass is 16.6. The van der Waals surface area contributed by atoms with E-state index in [9.17, 15) is 9.59 Å². The van der Waals surface area contributed by atoms with Crippen LogP contribution in [0.15, 0.2) is 43.2 Å². The van der Waals surface area contributed by atoms with Gasteiger partial charge in [-0.05, 0) is 5.41 Å². The summed E-state index contributed by atoms with van der Waals surface area (Å²) in [6.07, 6.45) is 0.178. The van der Waals surface area contributed by atoms with Crippen LogP contribution in [0.25, 0.3) is 0 Å². The summed E-state index contributed by atoms with van der Waals surface area (Å²) in [7, 11) is 0. The molecule has 0 radical (unpaired) electrons. The zero-order chi connectivity index (χ0) is 15.2. The minimum atomic E-state index is -1.07. The molecule has 1 aromatic carbocycles. The van der Waals surface area contributed by atoms with Gasteiger partial charge in [-0.1, -0.05) is 57.7 Å². The Morgan fingerprint density at radius 3 is 2.35 bits per heavy atom. The van der Waals surface area contributed by atoms with Crippen molar-refractivity contribution in [2.75, 3.05) is 0 Å². The summed E-state index contributed by atoms with van der Waals surface area (Å²) >= 11 is 0. The van der Waals surface area contributed by atoms with Gasteiger partial charge in [-0.25, -0.2) is 4.79 Å². The molecule has 0 aliphatic rings. The Morgan fingerprint density at radius 2 is 1.85 bits per heavy atom. The summed E-state index contributed by atoms with van der Waals surface area (Å²) in [5, 5.41) is 0. The lowest BCUT2D eigenvalue weighted by atomic mass is 9.92. The normalized spacial score (nSPS) is 12.3. The zero-order valence-corrected chi connectivity index (χ0v) is 12.1. The zero-order valence-electron chi connectivity index (χ0n) is 12.1. The average Bonchev–Trinajstić information content (AvgIpc) is 2.35. The van der Waals surface area contributed by atoms with Crippen LogP contribution in [0.5, 0.6) is 0 Å². The minimum absolute atomic E-state index is 0.208. The molecule has 0 saturated carbocycles. The summed E-state index contributed by atoms with van der Waals surface area (Å²) in [5.74, 6) is -1.10. The quantitative estimate of drug-likeness (QED) is 0.611. The molecule has 0 saturated heterocycles. The monoisotopic (exact) mass is 276 g/mol. The van der Waals surface area contributed by atoms with E-state index in [1.54, 1.807) is 24.3 Å². The van der Waals surface area contributed by atoms with E-state index in [0.717, 1.165) is 6.26 Å².